The molecular formula is C16H23NO. The fourth-order valence-corrected chi connectivity index (χ4v) is 2.91. The monoisotopic (exact) mass is 245 g/mol. The summed E-state index contributed by atoms with van der Waals surface area (Å²) in [6.45, 7) is 8.37. The molecule has 2 nitrogen and oxygen atoms in total. The second-order valence-electron chi connectivity index (χ2n) is 5.41. The van der Waals surface area contributed by atoms with Gasteiger partial charge in [0.2, 0.25) is 0 Å². The maximum Gasteiger partial charge on any atom is 0.253 e. The predicted molar refractivity (Wildman–Crippen MR) is 74.6 cm³/mol. The fraction of sp³-hybridized carbons (Fsp3) is 0.562. The summed E-state index contributed by atoms with van der Waals surface area (Å²) in [7, 11) is 0. The number of likely N-dealkylation sites (tertiary alicyclic amines) is 1. The Bertz CT molecular complexity index is 398. The van der Waals surface area contributed by atoms with Gasteiger partial charge in [0.15, 0.2) is 0 Å². The summed E-state index contributed by atoms with van der Waals surface area (Å²) in [4.78, 5) is 14.4. The first kappa shape index (κ1) is 13.1. The van der Waals surface area contributed by atoms with E-state index in [4.69, 9.17) is 0 Å². The largest absolute Gasteiger partial charge is 0.338 e. The second-order valence-corrected chi connectivity index (χ2v) is 5.41. The van der Waals surface area contributed by atoms with Crippen LogP contribution >= 0.6 is 0 Å². The summed E-state index contributed by atoms with van der Waals surface area (Å²) >= 11 is 0. The molecule has 2 rings (SSSR count). The first-order valence-electron chi connectivity index (χ1n) is 7.01. The van der Waals surface area contributed by atoms with Crippen LogP contribution in [0, 0.1) is 18.8 Å². The van der Waals surface area contributed by atoms with Gasteiger partial charge in [-0.25, -0.2) is 0 Å². The average molecular weight is 245 g/mol. The molecule has 1 amide bonds. The van der Waals surface area contributed by atoms with Gasteiger partial charge in [-0.3, -0.25) is 4.79 Å². The van der Waals surface area contributed by atoms with Crippen LogP contribution in [0.25, 0.3) is 0 Å². The molecule has 1 fully saturated rings. The lowest BCUT2D eigenvalue weighted by Crippen LogP contribution is -2.29. The SMILES string of the molecule is CCC1CN(C(=O)c2ccc(C)cc2)CC1CC. The smallest absolute Gasteiger partial charge is 0.253 e. The van der Waals surface area contributed by atoms with Crippen LogP contribution in [0.2, 0.25) is 0 Å². The molecule has 0 N–H and O–H groups in total. The zero-order chi connectivity index (χ0) is 13.1. The van der Waals surface area contributed by atoms with E-state index in [0.29, 0.717) is 11.8 Å². The molecule has 98 valence electrons. The highest BCUT2D eigenvalue weighted by molar-refractivity contribution is 5.94. The maximum atomic E-state index is 12.4. The van der Waals surface area contributed by atoms with Crippen molar-refractivity contribution in [2.24, 2.45) is 11.8 Å². The van der Waals surface area contributed by atoms with Crippen LogP contribution in [0.4, 0.5) is 0 Å². The van der Waals surface area contributed by atoms with Gasteiger partial charge >= 0.3 is 0 Å². The summed E-state index contributed by atoms with van der Waals surface area (Å²) in [6, 6.07) is 7.91. The lowest BCUT2D eigenvalue weighted by molar-refractivity contribution is 0.0783. The molecular weight excluding hydrogens is 222 g/mol. The number of carbonyl (C=O) groups is 1. The highest BCUT2D eigenvalue weighted by Crippen LogP contribution is 2.29. The Morgan fingerprint density at radius 1 is 1.11 bits per heavy atom. The lowest BCUT2D eigenvalue weighted by atomic mass is 9.92. The van der Waals surface area contributed by atoms with E-state index in [-0.39, 0.29) is 5.91 Å². The third-order valence-corrected chi connectivity index (χ3v) is 4.21. The van der Waals surface area contributed by atoms with Crippen molar-refractivity contribution < 1.29 is 4.79 Å². The Hall–Kier alpha value is -1.31. The van der Waals surface area contributed by atoms with Gasteiger partial charge < -0.3 is 4.90 Å². The molecule has 18 heavy (non-hydrogen) atoms. The summed E-state index contributed by atoms with van der Waals surface area (Å²) in [5.74, 6) is 1.57. The van der Waals surface area contributed by atoms with Crippen molar-refractivity contribution in [2.45, 2.75) is 33.6 Å². The Labute approximate surface area is 110 Å². The molecule has 2 atom stereocenters. The Morgan fingerprint density at radius 3 is 2.06 bits per heavy atom. The van der Waals surface area contributed by atoms with E-state index >= 15 is 0 Å². The van der Waals surface area contributed by atoms with Crippen molar-refractivity contribution >= 4 is 5.91 Å². The molecule has 0 saturated carbocycles. The summed E-state index contributed by atoms with van der Waals surface area (Å²) in [5.41, 5.74) is 2.03. The van der Waals surface area contributed by atoms with E-state index < -0.39 is 0 Å². The number of hydrogen-bond acceptors (Lipinski definition) is 1. The van der Waals surface area contributed by atoms with Crippen LogP contribution in [0.5, 0.6) is 0 Å². The van der Waals surface area contributed by atoms with Gasteiger partial charge in [-0.1, -0.05) is 44.4 Å². The van der Waals surface area contributed by atoms with Crippen LogP contribution in [0.3, 0.4) is 0 Å². The highest BCUT2D eigenvalue weighted by Gasteiger charge is 2.33. The minimum atomic E-state index is 0.199. The molecule has 0 spiro atoms. The van der Waals surface area contributed by atoms with Gasteiger partial charge in [0, 0.05) is 18.7 Å². The lowest BCUT2D eigenvalue weighted by Gasteiger charge is -2.16. The van der Waals surface area contributed by atoms with Crippen LogP contribution in [0.15, 0.2) is 24.3 Å². The minimum absolute atomic E-state index is 0.199. The molecule has 1 aromatic carbocycles. The van der Waals surface area contributed by atoms with Gasteiger partial charge in [-0.2, -0.15) is 0 Å². The first-order chi connectivity index (χ1) is 8.65. The molecule has 2 heteroatoms. The summed E-state index contributed by atoms with van der Waals surface area (Å²) < 4.78 is 0. The van der Waals surface area contributed by atoms with Crippen molar-refractivity contribution in [2.75, 3.05) is 13.1 Å². The van der Waals surface area contributed by atoms with Gasteiger partial charge in [-0.15, -0.1) is 0 Å². The normalized spacial score (nSPS) is 23.4. The van der Waals surface area contributed by atoms with E-state index in [2.05, 4.69) is 13.8 Å². The standard InChI is InChI=1S/C16H23NO/c1-4-13-10-17(11-14(13)5-2)16(18)15-8-6-12(3)7-9-15/h6-9,13-14H,4-5,10-11H2,1-3H3. The van der Waals surface area contributed by atoms with Crippen molar-refractivity contribution in [3.05, 3.63) is 35.4 Å². The van der Waals surface area contributed by atoms with E-state index in [9.17, 15) is 4.79 Å². The number of rotatable bonds is 3. The predicted octanol–water partition coefficient (Wildman–Crippen LogP) is 3.50. The third-order valence-electron chi connectivity index (χ3n) is 4.21. The zero-order valence-corrected chi connectivity index (χ0v) is 11.6. The first-order valence-corrected chi connectivity index (χ1v) is 7.01. The van der Waals surface area contributed by atoms with Crippen molar-refractivity contribution in [1.82, 2.24) is 4.90 Å². The van der Waals surface area contributed by atoms with E-state index in [1.165, 1.54) is 18.4 Å². The molecule has 0 radical (unpaired) electrons. The number of carbonyl (C=O) groups excluding carboxylic acids is 1. The zero-order valence-electron chi connectivity index (χ0n) is 11.6. The van der Waals surface area contributed by atoms with E-state index in [0.717, 1.165) is 18.7 Å². The fourth-order valence-electron chi connectivity index (χ4n) is 2.91. The van der Waals surface area contributed by atoms with Gasteiger partial charge in [-0.05, 0) is 30.9 Å². The molecule has 2 unspecified atom stereocenters. The topological polar surface area (TPSA) is 20.3 Å². The van der Waals surface area contributed by atoms with Crippen molar-refractivity contribution in [3.8, 4) is 0 Å². The van der Waals surface area contributed by atoms with Crippen LogP contribution in [-0.4, -0.2) is 23.9 Å². The van der Waals surface area contributed by atoms with Crippen LogP contribution < -0.4 is 0 Å². The van der Waals surface area contributed by atoms with Gasteiger partial charge in [0.1, 0.15) is 0 Å². The summed E-state index contributed by atoms with van der Waals surface area (Å²) in [6.07, 6.45) is 2.35. The molecule has 1 aliphatic heterocycles. The van der Waals surface area contributed by atoms with E-state index in [1.54, 1.807) is 0 Å². The average Bonchev–Trinajstić information content (AvgIpc) is 2.82. The maximum absolute atomic E-state index is 12.4. The molecule has 0 bridgehead atoms. The number of nitrogens with zero attached hydrogens (tertiary/aromatic N) is 1. The molecule has 0 aromatic heterocycles. The Morgan fingerprint density at radius 2 is 1.61 bits per heavy atom. The minimum Gasteiger partial charge on any atom is -0.338 e. The summed E-state index contributed by atoms with van der Waals surface area (Å²) in [5, 5.41) is 0. The molecule has 0 aliphatic carbocycles. The molecule has 1 aliphatic rings. The van der Waals surface area contributed by atoms with Crippen molar-refractivity contribution in [3.63, 3.8) is 0 Å². The van der Waals surface area contributed by atoms with Gasteiger partial charge in [0.05, 0.1) is 0 Å². The van der Waals surface area contributed by atoms with Gasteiger partial charge in [0.25, 0.3) is 5.91 Å². The highest BCUT2D eigenvalue weighted by atomic mass is 16.2. The molecule has 1 saturated heterocycles. The molecule has 1 heterocycles. The van der Waals surface area contributed by atoms with Crippen molar-refractivity contribution in [1.29, 1.82) is 0 Å². The number of benzene rings is 1. The number of aryl methyl sites for hydroxylation is 1. The van der Waals surface area contributed by atoms with Crippen LogP contribution in [-0.2, 0) is 0 Å². The molecule has 1 aromatic rings. The number of amides is 1. The third kappa shape index (κ3) is 2.58. The Balaban J connectivity index is 2.09. The number of hydrogen-bond donors (Lipinski definition) is 0. The van der Waals surface area contributed by atoms with E-state index in [1.807, 2.05) is 36.1 Å². The quantitative estimate of drug-likeness (QED) is 0.798. The Kier molecular flexibility index (Phi) is 4.05. The second kappa shape index (κ2) is 5.55. The van der Waals surface area contributed by atoms with Crippen LogP contribution in [0.1, 0.15) is 42.6 Å².